The van der Waals surface area contributed by atoms with Crippen molar-refractivity contribution in [2.75, 3.05) is 13.7 Å². The van der Waals surface area contributed by atoms with E-state index in [0.29, 0.717) is 27.9 Å². The van der Waals surface area contributed by atoms with Crippen LogP contribution < -0.4 is 19.6 Å². The molecule has 0 bridgehead atoms. The number of hydrogen-bond acceptors (Lipinski definition) is 6. The highest BCUT2D eigenvalue weighted by molar-refractivity contribution is 7.07. The smallest absolute Gasteiger partial charge is 0.434 e. The first-order valence-corrected chi connectivity index (χ1v) is 16.5. The summed E-state index contributed by atoms with van der Waals surface area (Å²) in [5.74, 6) is -1.02. The summed E-state index contributed by atoms with van der Waals surface area (Å²) in [6.07, 6.45) is -1.49. The summed E-state index contributed by atoms with van der Waals surface area (Å²) >= 11 is 6.91. The predicted molar refractivity (Wildman–Crippen MR) is 184 cm³/mol. The van der Waals surface area contributed by atoms with Crippen LogP contribution in [0.3, 0.4) is 0 Å². The Labute approximate surface area is 286 Å². The van der Waals surface area contributed by atoms with E-state index in [-0.39, 0.29) is 27.3 Å². The number of alkyl halides is 3. The fourth-order valence-electron chi connectivity index (χ4n) is 6.30. The molecule has 7 nitrogen and oxygen atoms in total. The van der Waals surface area contributed by atoms with Crippen LogP contribution in [0.2, 0.25) is 5.02 Å². The number of esters is 1. The molecule has 0 radical (unpaired) electrons. The van der Waals surface area contributed by atoms with Crippen LogP contribution in [0.15, 0.2) is 112 Å². The summed E-state index contributed by atoms with van der Waals surface area (Å²) in [7, 11) is 1.38. The van der Waals surface area contributed by atoms with Crippen molar-refractivity contribution >= 4 is 56.7 Å². The zero-order valence-electron chi connectivity index (χ0n) is 26.1. The van der Waals surface area contributed by atoms with Crippen molar-refractivity contribution in [1.29, 1.82) is 0 Å². The average molecular weight is 702 g/mol. The van der Waals surface area contributed by atoms with E-state index in [0.717, 1.165) is 32.4 Å². The lowest BCUT2D eigenvalue weighted by Gasteiger charge is -2.28. The molecule has 0 unspecified atom stereocenters. The Balaban J connectivity index is 1.50. The molecule has 0 saturated carbocycles. The quantitative estimate of drug-likeness (QED) is 0.166. The second kappa shape index (κ2) is 12.7. The van der Waals surface area contributed by atoms with Gasteiger partial charge in [-0.3, -0.25) is 9.36 Å². The van der Waals surface area contributed by atoms with Gasteiger partial charge < -0.3 is 14.0 Å². The fourth-order valence-corrected chi connectivity index (χ4v) is 7.42. The monoisotopic (exact) mass is 701 g/mol. The first-order valence-electron chi connectivity index (χ1n) is 15.3. The summed E-state index contributed by atoms with van der Waals surface area (Å²) in [5.41, 5.74) is -0.00505. The van der Waals surface area contributed by atoms with Crippen LogP contribution in [-0.4, -0.2) is 35.0 Å². The highest BCUT2D eigenvalue weighted by Crippen LogP contribution is 2.43. The van der Waals surface area contributed by atoms with Crippen LogP contribution in [-0.2, 0) is 16.1 Å². The van der Waals surface area contributed by atoms with Gasteiger partial charge in [0, 0.05) is 39.8 Å². The Hall–Kier alpha value is -5.13. The lowest BCUT2D eigenvalue weighted by molar-refractivity contribution is -0.140. The SMILES string of the molecule is CCOC(=O)C1=C(C(F)(F)F)N=c2s/c(=C/c3cn(Cc4ccc(Cl)cc4)c4ccccc34)c(=O)n2[C@H]1c1c(OC)ccc2ccccc12. The second-order valence-electron chi connectivity index (χ2n) is 11.3. The molecular formula is C37H27ClF3N3O4S. The number of nitrogens with zero attached hydrogens (tertiary/aromatic N) is 3. The number of halogens is 4. The average Bonchev–Trinajstić information content (AvgIpc) is 3.60. The molecule has 248 valence electrons. The Bertz CT molecular complexity index is 2480. The van der Waals surface area contributed by atoms with Gasteiger partial charge in [0.2, 0.25) is 0 Å². The number of aromatic nitrogens is 2. The van der Waals surface area contributed by atoms with Crippen LogP contribution in [0.25, 0.3) is 27.8 Å². The molecule has 7 rings (SSSR count). The molecule has 1 atom stereocenters. The number of methoxy groups -OCH3 is 1. The summed E-state index contributed by atoms with van der Waals surface area (Å²) in [6.45, 7) is 1.83. The minimum Gasteiger partial charge on any atom is -0.496 e. The third-order valence-electron chi connectivity index (χ3n) is 8.39. The molecule has 0 N–H and O–H groups in total. The van der Waals surface area contributed by atoms with Gasteiger partial charge in [-0.05, 0) is 53.6 Å². The van der Waals surface area contributed by atoms with Gasteiger partial charge in [0.15, 0.2) is 10.5 Å². The van der Waals surface area contributed by atoms with Crippen molar-refractivity contribution in [3.63, 3.8) is 0 Å². The Kier molecular flexibility index (Phi) is 8.41. The molecule has 0 aliphatic carbocycles. The summed E-state index contributed by atoms with van der Waals surface area (Å²) < 4.78 is 58.6. The molecule has 0 saturated heterocycles. The van der Waals surface area contributed by atoms with Gasteiger partial charge >= 0.3 is 12.1 Å². The van der Waals surface area contributed by atoms with E-state index in [4.69, 9.17) is 21.1 Å². The van der Waals surface area contributed by atoms with Crippen molar-refractivity contribution in [1.82, 2.24) is 9.13 Å². The molecule has 12 heteroatoms. The van der Waals surface area contributed by atoms with Crippen LogP contribution in [0.5, 0.6) is 5.75 Å². The molecule has 6 aromatic rings. The maximum Gasteiger partial charge on any atom is 0.434 e. The van der Waals surface area contributed by atoms with E-state index in [9.17, 15) is 22.8 Å². The predicted octanol–water partition coefficient (Wildman–Crippen LogP) is 7.16. The van der Waals surface area contributed by atoms with E-state index in [2.05, 4.69) is 4.99 Å². The molecule has 1 aliphatic rings. The van der Waals surface area contributed by atoms with Gasteiger partial charge in [-0.15, -0.1) is 0 Å². The molecule has 4 aromatic carbocycles. The van der Waals surface area contributed by atoms with E-state index < -0.39 is 35.0 Å². The van der Waals surface area contributed by atoms with Crippen molar-refractivity contribution in [2.24, 2.45) is 4.99 Å². The largest absolute Gasteiger partial charge is 0.496 e. The molecule has 0 amide bonds. The van der Waals surface area contributed by atoms with Crippen molar-refractivity contribution in [3.05, 3.63) is 144 Å². The van der Waals surface area contributed by atoms with Gasteiger partial charge in [0.05, 0.1) is 23.8 Å². The number of carbonyl (C=O) groups excluding carboxylic acids is 1. The fraction of sp³-hybridized carbons (Fsp3) is 0.162. The van der Waals surface area contributed by atoms with E-state index in [1.54, 1.807) is 42.5 Å². The number of thiazole rings is 1. The van der Waals surface area contributed by atoms with Crippen LogP contribution in [0.1, 0.15) is 29.7 Å². The third kappa shape index (κ3) is 5.83. The molecular weight excluding hydrogens is 675 g/mol. The van der Waals surface area contributed by atoms with Crippen molar-refractivity contribution < 1.29 is 27.4 Å². The number of carbonyl (C=O) groups is 1. The van der Waals surface area contributed by atoms with Crippen molar-refractivity contribution in [3.8, 4) is 5.75 Å². The number of fused-ring (bicyclic) bond motifs is 3. The van der Waals surface area contributed by atoms with Gasteiger partial charge in [0.1, 0.15) is 11.8 Å². The van der Waals surface area contributed by atoms with Crippen LogP contribution >= 0.6 is 22.9 Å². The molecule has 49 heavy (non-hydrogen) atoms. The lowest BCUT2D eigenvalue weighted by atomic mass is 9.90. The standard InChI is InChI=1S/C37H27ClF3N3O4S/c1-3-48-35(46)31-32(30-26-10-5-4-8-22(26)14-17-28(30)47-2)44-34(45)29(49-36(44)42-33(31)37(39,40)41)18-23-20-43(27-11-7-6-9-25(23)27)19-21-12-15-24(38)16-13-21/h4-18,20,32H,3,19H2,1-2H3/b29-18+/t32-/m0/s1. The van der Waals surface area contributed by atoms with Gasteiger partial charge in [-0.2, -0.15) is 13.2 Å². The first kappa shape index (κ1) is 32.4. The van der Waals surface area contributed by atoms with Crippen LogP contribution in [0.4, 0.5) is 13.2 Å². The molecule has 3 heterocycles. The van der Waals surface area contributed by atoms with Crippen molar-refractivity contribution in [2.45, 2.75) is 25.7 Å². The minimum atomic E-state index is -5.04. The van der Waals surface area contributed by atoms with E-state index in [1.807, 2.05) is 59.3 Å². The zero-order valence-corrected chi connectivity index (χ0v) is 27.7. The van der Waals surface area contributed by atoms with E-state index >= 15 is 0 Å². The summed E-state index contributed by atoms with van der Waals surface area (Å²) in [4.78, 5) is 31.7. The maximum absolute atomic E-state index is 14.8. The maximum atomic E-state index is 14.8. The number of para-hydroxylation sites is 1. The molecule has 1 aliphatic heterocycles. The van der Waals surface area contributed by atoms with Gasteiger partial charge in [-0.1, -0.05) is 83.6 Å². The molecule has 0 fully saturated rings. The summed E-state index contributed by atoms with van der Waals surface area (Å²) in [5, 5.41) is 2.66. The number of allylic oxidation sites excluding steroid dienone is 1. The Morgan fingerprint density at radius 1 is 1.00 bits per heavy atom. The molecule has 0 spiro atoms. The van der Waals surface area contributed by atoms with E-state index in [1.165, 1.54) is 14.0 Å². The second-order valence-corrected chi connectivity index (χ2v) is 12.8. The minimum absolute atomic E-state index is 0.143. The topological polar surface area (TPSA) is 74.8 Å². The number of hydrogen-bond donors (Lipinski definition) is 0. The van der Waals surface area contributed by atoms with Gasteiger partial charge in [-0.25, -0.2) is 9.79 Å². The highest BCUT2D eigenvalue weighted by Gasteiger charge is 2.46. The lowest BCUT2D eigenvalue weighted by Crippen LogP contribution is -2.41. The first-order chi connectivity index (χ1) is 23.6. The van der Waals surface area contributed by atoms with Gasteiger partial charge in [0.25, 0.3) is 5.56 Å². The zero-order chi connectivity index (χ0) is 34.4. The normalized spacial score (nSPS) is 15.1. The number of benzene rings is 4. The number of rotatable bonds is 7. The van der Waals surface area contributed by atoms with Crippen LogP contribution in [0, 0.1) is 0 Å². The highest BCUT2D eigenvalue weighted by atomic mass is 35.5. The number of ether oxygens (including phenoxy) is 2. The molecule has 2 aromatic heterocycles. The summed E-state index contributed by atoms with van der Waals surface area (Å²) in [6, 6.07) is 24.0. The Morgan fingerprint density at radius 2 is 1.71 bits per heavy atom. The third-order valence-corrected chi connectivity index (χ3v) is 9.63. The Morgan fingerprint density at radius 3 is 2.43 bits per heavy atom.